The van der Waals surface area contributed by atoms with Gasteiger partial charge < -0.3 is 14.4 Å². The molecule has 0 N–H and O–H groups in total. The minimum Gasteiger partial charge on any atom is -0.358 e. The van der Waals surface area contributed by atoms with Crippen molar-refractivity contribution in [1.29, 1.82) is 0 Å². The average Bonchev–Trinajstić information content (AvgIpc) is 3.04. The second kappa shape index (κ2) is 9.61. The molecule has 0 aromatic heterocycles. The quantitative estimate of drug-likeness (QED) is 0.128. The van der Waals surface area contributed by atoms with Crippen molar-refractivity contribution >= 4 is 28.4 Å². The van der Waals surface area contributed by atoms with Crippen LogP contribution in [0.15, 0.2) is 18.2 Å². The number of carbonyl (C=O) groups is 1. The molecular formula is C29H41IOU. The molecule has 0 radical (unpaired) electrons. The Morgan fingerprint density at radius 2 is 1.59 bits per heavy atom. The first-order chi connectivity index (χ1) is 14.2. The van der Waals surface area contributed by atoms with Gasteiger partial charge in [0.15, 0.2) is 5.78 Å². The average molecular weight is 771 g/mol. The summed E-state index contributed by atoms with van der Waals surface area (Å²) < 4.78 is 0.421. The molecule has 4 fully saturated rings. The fourth-order valence-electron chi connectivity index (χ4n) is 8.73. The Bertz CT molecular complexity index is 846. The zero-order valence-electron chi connectivity index (χ0n) is 20.6. The van der Waals surface area contributed by atoms with E-state index in [1.54, 1.807) is 0 Å². The number of rotatable bonds is 2. The number of carbonyl (C=O) groups excluding carboxylic acids is 1. The second-order valence-corrected chi connectivity index (χ2v) is 13.7. The molecule has 5 rings (SSSR count). The standard InChI is InChI=1S/C28H38IO.CH3.U/c1-18-15-19(2)17-20(16-18)25(30)24-8-7-22-21-9-14-28(29)12-6-5-11-27(28,4)23(21)10-13-26(22,24)3;;/h15-17,21-24H,4-14H2,1-3H3;1H3;/q2*-1;+2/t21-,22-,23-,24+,26?,27?,28-;;/m0../s1. The summed E-state index contributed by atoms with van der Waals surface area (Å²) in [5.74, 6) is 2.92. The summed E-state index contributed by atoms with van der Waals surface area (Å²) in [7, 11) is 0. The molecule has 32 heavy (non-hydrogen) atoms. The van der Waals surface area contributed by atoms with Crippen molar-refractivity contribution in [2.75, 3.05) is 0 Å². The van der Waals surface area contributed by atoms with E-state index in [1.165, 1.54) is 68.9 Å². The van der Waals surface area contributed by atoms with Crippen LogP contribution in [0.25, 0.3) is 0 Å². The number of hydrogen-bond acceptors (Lipinski definition) is 1. The van der Waals surface area contributed by atoms with Gasteiger partial charge in [0, 0.05) is 14.9 Å². The first-order valence-corrected chi connectivity index (χ1v) is 13.4. The maximum Gasteiger partial charge on any atom is 2.00 e. The molecule has 174 valence electrons. The van der Waals surface area contributed by atoms with Crippen molar-refractivity contribution in [3.8, 4) is 0 Å². The van der Waals surface area contributed by atoms with Gasteiger partial charge in [-0.2, -0.15) is 0 Å². The summed E-state index contributed by atoms with van der Waals surface area (Å²) in [4.78, 5) is 13.7. The molecular weight excluding hydrogens is 729 g/mol. The number of fused-ring (bicyclic) bond motifs is 5. The minimum absolute atomic E-state index is 0. The Hall–Kier alpha value is 0.672. The zero-order chi connectivity index (χ0) is 21.3. The van der Waals surface area contributed by atoms with Crippen LogP contribution in [0.3, 0.4) is 0 Å². The monoisotopic (exact) mass is 770 g/mol. The summed E-state index contributed by atoms with van der Waals surface area (Å²) in [6.45, 7) is 11.7. The Labute approximate surface area is 234 Å². The van der Waals surface area contributed by atoms with E-state index in [0.717, 1.165) is 29.7 Å². The van der Waals surface area contributed by atoms with Crippen molar-refractivity contribution in [2.24, 2.45) is 34.5 Å². The van der Waals surface area contributed by atoms with Crippen LogP contribution in [0.2, 0.25) is 0 Å². The van der Waals surface area contributed by atoms with Crippen molar-refractivity contribution in [3.63, 3.8) is 0 Å². The van der Waals surface area contributed by atoms with Crippen LogP contribution in [-0.4, -0.2) is 9.20 Å². The Morgan fingerprint density at radius 3 is 2.28 bits per heavy atom. The van der Waals surface area contributed by atoms with Crippen LogP contribution in [0.1, 0.15) is 92.6 Å². The fraction of sp³-hybridized carbons (Fsp3) is 0.690. The molecule has 4 saturated carbocycles. The number of aryl methyl sites for hydroxylation is 2. The van der Waals surface area contributed by atoms with Gasteiger partial charge in [-0.3, -0.25) is 4.79 Å². The van der Waals surface area contributed by atoms with E-state index in [9.17, 15) is 4.79 Å². The molecule has 0 heterocycles. The van der Waals surface area contributed by atoms with Crippen LogP contribution in [-0.2, 0) is 0 Å². The van der Waals surface area contributed by atoms with Crippen LogP contribution < -0.4 is 0 Å². The summed E-state index contributed by atoms with van der Waals surface area (Å²) >= 11 is 2.83. The van der Waals surface area contributed by atoms with Crippen molar-refractivity contribution in [3.05, 3.63) is 49.2 Å². The van der Waals surface area contributed by atoms with E-state index >= 15 is 0 Å². The number of ketones is 1. The number of benzene rings is 1. The SMILES string of the molecule is [CH2-]C12CCCC[C@]1(I)CC[C@H]1[C@@H]3CC[C@H](C(=O)c4cc(C)cc(C)c4)C3(C)CC[C@@H]12.[CH3-].[U+2]. The molecule has 0 aliphatic heterocycles. The second-order valence-electron chi connectivity index (χ2n) is 11.7. The third-order valence-electron chi connectivity index (χ3n) is 10.2. The molecule has 0 bridgehead atoms. The van der Waals surface area contributed by atoms with Gasteiger partial charge in [0.05, 0.1) is 0 Å². The zero-order valence-corrected chi connectivity index (χ0v) is 26.9. The van der Waals surface area contributed by atoms with E-state index in [2.05, 4.69) is 61.6 Å². The predicted molar refractivity (Wildman–Crippen MR) is 139 cm³/mol. The van der Waals surface area contributed by atoms with Crippen LogP contribution in [0.5, 0.6) is 0 Å². The van der Waals surface area contributed by atoms with E-state index in [4.69, 9.17) is 6.92 Å². The smallest absolute Gasteiger partial charge is 0.358 e. The van der Waals surface area contributed by atoms with E-state index < -0.39 is 0 Å². The molecule has 2 unspecified atom stereocenters. The summed E-state index contributed by atoms with van der Waals surface area (Å²) in [5, 5.41) is 0. The molecule has 0 saturated heterocycles. The number of halogens is 1. The number of Topliss-reactive ketones (excluding diaryl/α,β-unsaturated/α-hetero) is 1. The number of hydrogen-bond donors (Lipinski definition) is 0. The third kappa shape index (κ3) is 4.05. The predicted octanol–water partition coefficient (Wildman–Crippen LogP) is 8.36. The molecule has 4 aliphatic carbocycles. The molecule has 0 amide bonds. The first-order valence-electron chi connectivity index (χ1n) is 12.3. The molecule has 0 spiro atoms. The van der Waals surface area contributed by atoms with Gasteiger partial charge in [0.2, 0.25) is 0 Å². The third-order valence-corrected chi connectivity index (χ3v) is 12.3. The Balaban J connectivity index is 0.00000144. The van der Waals surface area contributed by atoms with Gasteiger partial charge in [-0.1, -0.05) is 78.3 Å². The number of alkyl halides is 1. The molecule has 1 nitrogen and oxygen atoms in total. The van der Waals surface area contributed by atoms with Crippen LogP contribution >= 0.6 is 22.6 Å². The minimum atomic E-state index is 0. The van der Waals surface area contributed by atoms with Gasteiger partial charge in [0.25, 0.3) is 0 Å². The Kier molecular flexibility index (Phi) is 8.19. The molecule has 3 heteroatoms. The van der Waals surface area contributed by atoms with Gasteiger partial charge in [-0.15, -0.1) is 5.41 Å². The topological polar surface area (TPSA) is 17.1 Å². The summed E-state index contributed by atoms with van der Waals surface area (Å²) in [6, 6.07) is 6.42. The van der Waals surface area contributed by atoms with Crippen molar-refractivity contribution < 1.29 is 35.9 Å². The first kappa shape index (κ1) is 27.3. The van der Waals surface area contributed by atoms with E-state index in [-0.39, 0.29) is 55.3 Å². The molecule has 1 aromatic rings. The van der Waals surface area contributed by atoms with E-state index in [1.807, 2.05) is 0 Å². The molecule has 7 atom stereocenters. The van der Waals surface area contributed by atoms with Gasteiger partial charge in [-0.05, 0) is 81.8 Å². The molecule has 4 aliphatic rings. The van der Waals surface area contributed by atoms with Crippen molar-refractivity contribution in [1.82, 2.24) is 0 Å². The fourth-order valence-corrected chi connectivity index (χ4v) is 10.1. The van der Waals surface area contributed by atoms with Crippen molar-refractivity contribution in [2.45, 2.75) is 88.4 Å². The van der Waals surface area contributed by atoms with Crippen LogP contribution in [0.4, 0.5) is 0 Å². The normalized spacial score (nSPS) is 42.5. The molecule has 1 aromatic carbocycles. The van der Waals surface area contributed by atoms with Gasteiger partial charge >= 0.3 is 31.1 Å². The summed E-state index contributed by atoms with van der Waals surface area (Å²) in [6.07, 6.45) is 13.0. The maximum atomic E-state index is 13.7. The summed E-state index contributed by atoms with van der Waals surface area (Å²) in [5.41, 5.74) is 3.84. The van der Waals surface area contributed by atoms with E-state index in [0.29, 0.717) is 9.20 Å². The largest absolute Gasteiger partial charge is 2.00 e. The Morgan fingerprint density at radius 1 is 0.938 bits per heavy atom. The van der Waals surface area contributed by atoms with Crippen LogP contribution in [0, 0.1) is 93.8 Å². The maximum absolute atomic E-state index is 13.7. The van der Waals surface area contributed by atoms with Gasteiger partial charge in [-0.25, -0.2) is 0 Å². The van der Waals surface area contributed by atoms with Gasteiger partial charge in [0.1, 0.15) is 0 Å².